The molecule has 2 aromatic carbocycles. The van der Waals surface area contributed by atoms with Crippen molar-refractivity contribution in [3.05, 3.63) is 36.4 Å². The zero-order valence-electron chi connectivity index (χ0n) is 24.9. The zero-order chi connectivity index (χ0) is 39.5. The standard InChI is InChI=1S/C26H21F17O6S2/c1-2-11-47-18(44)48-16-9-10-17(15-8-4-3-7-14(15)16)50(12-5-6-13-50)49-51(45,46)26(42,43)24(37,38)22(33,34)20(29,30)19(27,28)21(31,32)23(35,36)25(39,40)41/h3-4,7-10H,2,5-6,11-13H2,1H3. The van der Waals surface area contributed by atoms with Gasteiger partial charge in [-0.05, 0) is 36.8 Å². The summed E-state index contributed by atoms with van der Waals surface area (Å²) < 4.78 is 274. The van der Waals surface area contributed by atoms with Crippen molar-refractivity contribution in [3.8, 4) is 5.75 Å². The minimum Gasteiger partial charge on any atom is -0.434 e. The molecule has 0 aromatic heterocycles. The van der Waals surface area contributed by atoms with Crippen LogP contribution in [-0.2, 0) is 18.5 Å². The van der Waals surface area contributed by atoms with E-state index in [1.54, 1.807) is 6.92 Å². The Bertz CT molecular complexity index is 1720. The van der Waals surface area contributed by atoms with E-state index in [4.69, 9.17) is 9.47 Å². The van der Waals surface area contributed by atoms with Crippen molar-refractivity contribution in [2.24, 2.45) is 0 Å². The molecule has 0 atom stereocenters. The monoisotopic (exact) mass is 816 g/mol. The lowest BCUT2D eigenvalue weighted by atomic mass is 9.91. The van der Waals surface area contributed by atoms with E-state index >= 15 is 0 Å². The number of alkyl halides is 17. The van der Waals surface area contributed by atoms with E-state index in [-0.39, 0.29) is 36.0 Å². The van der Waals surface area contributed by atoms with Crippen molar-refractivity contribution in [1.82, 2.24) is 0 Å². The van der Waals surface area contributed by atoms with E-state index in [0.29, 0.717) is 6.42 Å². The third-order valence-corrected chi connectivity index (χ3v) is 13.0. The van der Waals surface area contributed by atoms with Gasteiger partial charge in [-0.1, -0.05) is 41.5 Å². The summed E-state index contributed by atoms with van der Waals surface area (Å²) in [6.07, 6.45) is -9.17. The van der Waals surface area contributed by atoms with Gasteiger partial charge < -0.3 is 9.47 Å². The largest absolute Gasteiger partial charge is 0.513 e. The third-order valence-electron chi connectivity index (χ3n) is 7.29. The molecule has 0 bridgehead atoms. The number of halogens is 17. The lowest BCUT2D eigenvalue weighted by Crippen LogP contribution is -2.75. The smallest absolute Gasteiger partial charge is 0.434 e. The van der Waals surface area contributed by atoms with Gasteiger partial charge in [-0.25, -0.2) is 8.42 Å². The van der Waals surface area contributed by atoms with E-state index in [1.807, 2.05) is 0 Å². The Morgan fingerprint density at radius 3 is 1.59 bits per heavy atom. The summed E-state index contributed by atoms with van der Waals surface area (Å²) in [5, 5.41) is -8.13. The molecule has 0 spiro atoms. The molecule has 6 nitrogen and oxygen atoms in total. The normalized spacial score (nSPS) is 17.8. The van der Waals surface area contributed by atoms with Crippen molar-refractivity contribution in [2.75, 3.05) is 18.1 Å². The van der Waals surface area contributed by atoms with Crippen LogP contribution in [0.15, 0.2) is 41.3 Å². The van der Waals surface area contributed by atoms with Crippen LogP contribution in [0, 0.1) is 0 Å². The molecule has 0 amide bonds. The van der Waals surface area contributed by atoms with E-state index in [1.165, 1.54) is 18.2 Å². The molecule has 1 fully saturated rings. The van der Waals surface area contributed by atoms with Crippen molar-refractivity contribution in [3.63, 3.8) is 0 Å². The minimum atomic E-state index is -8.96. The maximum absolute atomic E-state index is 15.0. The number of rotatable bonds is 13. The number of hydrogen-bond donors (Lipinski definition) is 0. The zero-order valence-corrected chi connectivity index (χ0v) is 26.5. The second-order valence-electron chi connectivity index (χ2n) is 10.7. The topological polar surface area (TPSA) is 78.9 Å². The van der Waals surface area contributed by atoms with Crippen molar-refractivity contribution < 1.29 is 101 Å². The highest BCUT2D eigenvalue weighted by Crippen LogP contribution is 2.68. The van der Waals surface area contributed by atoms with Gasteiger partial charge in [0.2, 0.25) is 0 Å². The summed E-state index contributed by atoms with van der Waals surface area (Å²) in [4.78, 5) is 11.5. The number of carbonyl (C=O) groups excluding carboxylic acids is 1. The van der Waals surface area contributed by atoms with Gasteiger partial charge in [0.1, 0.15) is 5.75 Å². The fraction of sp³-hybridized carbons (Fsp3) is 0.577. The molecule has 25 heteroatoms. The Kier molecular flexibility index (Phi) is 11.0. The summed E-state index contributed by atoms with van der Waals surface area (Å²) in [5.74, 6) is -53.9. The summed E-state index contributed by atoms with van der Waals surface area (Å²) in [6, 6.07) is 6.62. The van der Waals surface area contributed by atoms with E-state index in [2.05, 4.69) is 3.63 Å². The second kappa shape index (κ2) is 13.2. The van der Waals surface area contributed by atoms with Gasteiger partial charge in [-0.15, -0.1) is 0 Å². The minimum absolute atomic E-state index is 0.113. The third kappa shape index (κ3) is 6.41. The molecule has 1 heterocycles. The maximum atomic E-state index is 15.0. The number of ether oxygens (including phenoxy) is 2. The van der Waals surface area contributed by atoms with Gasteiger partial charge in [-0.3, -0.25) is 0 Å². The highest BCUT2D eigenvalue weighted by atomic mass is 32.3. The Morgan fingerprint density at radius 1 is 0.667 bits per heavy atom. The fourth-order valence-electron chi connectivity index (χ4n) is 4.58. The SMILES string of the molecule is CCCOC(=O)Oc1ccc(S2(OS(=O)(=O)C(F)(F)C(F)(F)C(F)(F)C(F)(F)C(F)(F)C(F)(F)C(F)(F)C(F)(F)F)CCCC2)c2ccccc12. The first-order valence-electron chi connectivity index (χ1n) is 13.7. The van der Waals surface area contributed by atoms with Crippen LogP contribution < -0.4 is 4.74 Å². The van der Waals surface area contributed by atoms with Crippen LogP contribution in [0.4, 0.5) is 79.4 Å². The molecular formula is C26H21F17O6S2. The molecule has 0 aliphatic carbocycles. The first-order chi connectivity index (χ1) is 22.8. The molecule has 0 saturated carbocycles. The van der Waals surface area contributed by atoms with Crippen molar-refractivity contribution in [1.29, 1.82) is 0 Å². The molecular weight excluding hydrogens is 795 g/mol. The average molecular weight is 817 g/mol. The Labute approximate surface area is 276 Å². The van der Waals surface area contributed by atoms with Gasteiger partial charge in [0, 0.05) is 21.8 Å². The van der Waals surface area contributed by atoms with Crippen LogP contribution in [0.2, 0.25) is 0 Å². The molecule has 0 N–H and O–H groups in total. The molecule has 0 unspecified atom stereocenters. The molecule has 51 heavy (non-hydrogen) atoms. The van der Waals surface area contributed by atoms with E-state index in [9.17, 15) is 87.8 Å². The summed E-state index contributed by atoms with van der Waals surface area (Å²) in [5.41, 5.74) is 0. The van der Waals surface area contributed by atoms with Crippen LogP contribution in [0.1, 0.15) is 26.2 Å². The molecule has 0 radical (unpaired) electrons. The quantitative estimate of drug-likeness (QED) is 0.114. The predicted molar refractivity (Wildman–Crippen MR) is 142 cm³/mol. The van der Waals surface area contributed by atoms with Crippen LogP contribution >= 0.6 is 10.3 Å². The van der Waals surface area contributed by atoms with E-state index < -0.39 is 89.9 Å². The lowest BCUT2D eigenvalue weighted by Gasteiger charge is -2.43. The number of carbonyl (C=O) groups is 1. The first kappa shape index (κ1) is 42.5. The molecule has 3 rings (SSSR count). The van der Waals surface area contributed by atoms with E-state index in [0.717, 1.165) is 18.2 Å². The Balaban J connectivity index is 2.13. The summed E-state index contributed by atoms with van der Waals surface area (Å²) >= 11 is 0. The lowest BCUT2D eigenvalue weighted by molar-refractivity contribution is -0.458. The number of hydrogen-bond acceptors (Lipinski definition) is 6. The summed E-state index contributed by atoms with van der Waals surface area (Å²) in [6.45, 7) is 1.51. The van der Waals surface area contributed by atoms with Crippen molar-refractivity contribution in [2.45, 2.75) is 78.0 Å². The molecule has 2 aromatic rings. The number of fused-ring (bicyclic) bond motifs is 1. The molecule has 292 valence electrons. The second-order valence-corrected chi connectivity index (χ2v) is 15.6. The Morgan fingerprint density at radius 2 is 1.12 bits per heavy atom. The van der Waals surface area contributed by atoms with Crippen LogP contribution in [0.3, 0.4) is 0 Å². The Hall–Kier alpha value is -2.96. The number of benzene rings is 2. The highest BCUT2D eigenvalue weighted by molar-refractivity contribution is 8.33. The van der Waals surface area contributed by atoms with Gasteiger partial charge in [0.05, 0.1) is 6.61 Å². The molecule has 1 saturated heterocycles. The van der Waals surface area contributed by atoms with Gasteiger partial charge in [0.15, 0.2) is 0 Å². The average Bonchev–Trinajstić information content (AvgIpc) is 3.47. The van der Waals surface area contributed by atoms with Gasteiger partial charge >= 0.3 is 63.2 Å². The fourth-order valence-corrected chi connectivity index (χ4v) is 10.5. The first-order valence-corrected chi connectivity index (χ1v) is 17.0. The maximum Gasteiger partial charge on any atom is 0.513 e. The van der Waals surface area contributed by atoms with Crippen molar-refractivity contribution >= 4 is 37.4 Å². The van der Waals surface area contributed by atoms with Crippen LogP contribution in [0.25, 0.3) is 10.8 Å². The molecule has 1 aliphatic rings. The predicted octanol–water partition coefficient (Wildman–Crippen LogP) is 9.95. The van der Waals surface area contributed by atoms with Crippen LogP contribution in [-0.4, -0.2) is 79.7 Å². The highest BCUT2D eigenvalue weighted by Gasteiger charge is 2.96. The van der Waals surface area contributed by atoms with Crippen LogP contribution in [0.5, 0.6) is 5.75 Å². The van der Waals surface area contributed by atoms with Gasteiger partial charge in [0.25, 0.3) is 0 Å². The van der Waals surface area contributed by atoms with Gasteiger partial charge in [-0.2, -0.15) is 83.1 Å². The summed E-state index contributed by atoms with van der Waals surface area (Å²) in [7, 11) is -11.8. The molecule has 1 aliphatic heterocycles.